The van der Waals surface area contributed by atoms with Gasteiger partial charge in [0.15, 0.2) is 0 Å². The van der Waals surface area contributed by atoms with Crippen molar-refractivity contribution in [1.82, 2.24) is 35.1 Å². The Balaban J connectivity index is 1.07. The van der Waals surface area contributed by atoms with E-state index in [4.69, 9.17) is 19.4 Å². The molecule has 16 heteroatoms. The molecule has 0 bridgehead atoms. The van der Waals surface area contributed by atoms with Gasteiger partial charge in [0.05, 0.1) is 37.0 Å². The maximum Gasteiger partial charge on any atom is 0.338 e. The Morgan fingerprint density at radius 1 is 0.962 bits per heavy atom. The number of esters is 1. The smallest absolute Gasteiger partial charge is 0.338 e. The zero-order valence-corrected chi connectivity index (χ0v) is 28.3. The molecule has 0 radical (unpaired) electrons. The minimum absolute atomic E-state index is 0.188. The molecule has 2 fully saturated rings. The number of carbonyl (C=O) groups is 2. The predicted molar refractivity (Wildman–Crippen MR) is 185 cm³/mol. The maximum atomic E-state index is 14.1. The van der Waals surface area contributed by atoms with Crippen molar-refractivity contribution in [3.8, 4) is 16.9 Å². The number of hydrogen-bond donors (Lipinski definition) is 2. The Bertz CT molecular complexity index is 2010. The van der Waals surface area contributed by atoms with Crippen LogP contribution in [0.3, 0.4) is 0 Å². The van der Waals surface area contributed by atoms with Crippen LogP contribution in [0.4, 0.5) is 25.3 Å². The Morgan fingerprint density at radius 2 is 1.63 bits per heavy atom. The fraction of sp³-hybridized carbons (Fsp3) is 0.278. The zero-order valence-electron chi connectivity index (χ0n) is 28.3. The molecule has 14 nitrogen and oxygen atoms in total. The van der Waals surface area contributed by atoms with Crippen molar-refractivity contribution in [2.24, 2.45) is 0 Å². The third-order valence-electron chi connectivity index (χ3n) is 8.68. The minimum Gasteiger partial charge on any atom is -0.455 e. The molecule has 5 aromatic rings. The standard InChI is InChI=1S/C36H35F2N9O5/c1-22-31(25-17-39-35(40-18-25)45-19-27(20-45)51-34(48)23-9-5-3-6-10-23)44-47(26-11-7-4-8-12-26)33(22)43-36(49)41-28-21-46(13-14-50-2)52-32(28)24-15-29(37)42-30(38)16-24/h3-12,15-18,27-28,32H,13-14,19-21H2,1-2H3,(H2,41,43,49)/t28-,32+/m1/s1. The van der Waals surface area contributed by atoms with Crippen LogP contribution in [-0.2, 0) is 14.3 Å². The zero-order chi connectivity index (χ0) is 36.2. The van der Waals surface area contributed by atoms with Gasteiger partial charge in [0, 0.05) is 43.7 Å². The van der Waals surface area contributed by atoms with Gasteiger partial charge in [-0.2, -0.15) is 23.9 Å². The van der Waals surface area contributed by atoms with Crippen LogP contribution in [0.5, 0.6) is 0 Å². The molecule has 268 valence electrons. The largest absolute Gasteiger partial charge is 0.455 e. The molecular formula is C36H35F2N9O5. The Morgan fingerprint density at radius 3 is 2.31 bits per heavy atom. The van der Waals surface area contributed by atoms with E-state index >= 15 is 0 Å². The number of methoxy groups -OCH3 is 1. The molecule has 52 heavy (non-hydrogen) atoms. The molecule has 2 saturated heterocycles. The number of pyridine rings is 1. The number of urea groups is 1. The van der Waals surface area contributed by atoms with E-state index in [1.54, 1.807) is 53.5 Å². The number of para-hydroxylation sites is 1. The van der Waals surface area contributed by atoms with Crippen LogP contribution < -0.4 is 15.5 Å². The van der Waals surface area contributed by atoms with E-state index in [-0.39, 0.29) is 24.2 Å². The molecule has 0 spiro atoms. The summed E-state index contributed by atoms with van der Waals surface area (Å²) < 4.78 is 40.5. The summed E-state index contributed by atoms with van der Waals surface area (Å²) in [7, 11) is 1.55. The van der Waals surface area contributed by atoms with Gasteiger partial charge in [-0.25, -0.2) is 24.2 Å². The van der Waals surface area contributed by atoms with Crippen molar-refractivity contribution in [3.63, 3.8) is 0 Å². The summed E-state index contributed by atoms with van der Waals surface area (Å²) in [6, 6.07) is 19.0. The van der Waals surface area contributed by atoms with Gasteiger partial charge in [-0.05, 0) is 48.9 Å². The second-order valence-corrected chi connectivity index (χ2v) is 12.3. The number of amides is 2. The van der Waals surface area contributed by atoms with Gasteiger partial charge in [0.25, 0.3) is 0 Å². The molecule has 7 rings (SSSR count). The van der Waals surface area contributed by atoms with Gasteiger partial charge in [0.2, 0.25) is 17.8 Å². The molecule has 2 N–H and O–H groups in total. The lowest BCUT2D eigenvalue weighted by Gasteiger charge is -2.38. The van der Waals surface area contributed by atoms with Crippen LogP contribution in [0.15, 0.2) is 85.2 Å². The summed E-state index contributed by atoms with van der Waals surface area (Å²) in [4.78, 5) is 46.2. The van der Waals surface area contributed by atoms with E-state index < -0.39 is 30.1 Å². The molecule has 5 heterocycles. The molecule has 0 saturated carbocycles. The van der Waals surface area contributed by atoms with Crippen molar-refractivity contribution in [2.45, 2.75) is 25.2 Å². The Labute approximate surface area is 297 Å². The summed E-state index contributed by atoms with van der Waals surface area (Å²) in [5.41, 5.74) is 3.18. The number of halogens is 2. The van der Waals surface area contributed by atoms with E-state index in [1.807, 2.05) is 48.2 Å². The summed E-state index contributed by atoms with van der Waals surface area (Å²) in [6.45, 7) is 3.69. The van der Waals surface area contributed by atoms with Gasteiger partial charge >= 0.3 is 12.0 Å². The fourth-order valence-electron chi connectivity index (χ4n) is 6.05. The molecule has 0 aliphatic carbocycles. The summed E-state index contributed by atoms with van der Waals surface area (Å²) in [5.74, 6) is -1.49. The first-order chi connectivity index (χ1) is 25.2. The van der Waals surface area contributed by atoms with Gasteiger partial charge in [-0.3, -0.25) is 10.2 Å². The maximum absolute atomic E-state index is 14.1. The molecule has 2 aromatic carbocycles. The van der Waals surface area contributed by atoms with Crippen molar-refractivity contribution in [2.75, 3.05) is 50.1 Å². The molecule has 2 aliphatic heterocycles. The second-order valence-electron chi connectivity index (χ2n) is 12.3. The SMILES string of the molecule is COCCN1C[C@@H](NC(=O)Nc2c(C)c(-c3cnc(N4CC(OC(=O)c5ccccc5)C4)nc3)nn2-c2ccccc2)[C@H](c2cc(F)nc(F)c2)O1. The topological polar surface area (TPSA) is 149 Å². The van der Waals surface area contributed by atoms with Gasteiger partial charge < -0.3 is 19.7 Å². The Hall–Kier alpha value is -5.84. The molecule has 2 amide bonds. The third kappa shape index (κ3) is 7.58. The predicted octanol–water partition coefficient (Wildman–Crippen LogP) is 4.48. The number of hydroxylamine groups is 2. The number of nitrogens with one attached hydrogen (secondary N) is 2. The number of hydrogen-bond acceptors (Lipinski definition) is 11. The highest BCUT2D eigenvalue weighted by Crippen LogP contribution is 2.32. The van der Waals surface area contributed by atoms with E-state index in [2.05, 4.69) is 25.6 Å². The quantitative estimate of drug-likeness (QED) is 0.148. The molecule has 2 atom stereocenters. The number of anilines is 2. The number of ether oxygens (including phenoxy) is 2. The number of aromatic nitrogens is 5. The van der Waals surface area contributed by atoms with E-state index in [0.29, 0.717) is 66.1 Å². The van der Waals surface area contributed by atoms with E-state index in [1.165, 1.54) is 0 Å². The van der Waals surface area contributed by atoms with Crippen LogP contribution >= 0.6 is 0 Å². The summed E-state index contributed by atoms with van der Waals surface area (Å²) in [6.07, 6.45) is 2.15. The van der Waals surface area contributed by atoms with Crippen LogP contribution in [0.1, 0.15) is 27.6 Å². The third-order valence-corrected chi connectivity index (χ3v) is 8.68. The van der Waals surface area contributed by atoms with Crippen LogP contribution in [0.2, 0.25) is 0 Å². The average molecular weight is 712 g/mol. The first-order valence-corrected chi connectivity index (χ1v) is 16.6. The first-order valence-electron chi connectivity index (χ1n) is 16.6. The van der Waals surface area contributed by atoms with Gasteiger partial charge in [0.1, 0.15) is 23.7 Å². The average Bonchev–Trinajstić information content (AvgIpc) is 3.68. The highest BCUT2D eigenvalue weighted by Gasteiger charge is 2.37. The lowest BCUT2D eigenvalue weighted by molar-refractivity contribution is -0.154. The van der Waals surface area contributed by atoms with Crippen LogP contribution in [0, 0.1) is 18.8 Å². The summed E-state index contributed by atoms with van der Waals surface area (Å²) >= 11 is 0. The lowest BCUT2D eigenvalue weighted by Crippen LogP contribution is -2.53. The molecule has 3 aromatic heterocycles. The number of carbonyl (C=O) groups excluding carboxylic acids is 2. The van der Waals surface area contributed by atoms with E-state index in [9.17, 15) is 18.4 Å². The van der Waals surface area contributed by atoms with Crippen molar-refractivity contribution in [3.05, 3.63) is 114 Å². The molecule has 2 aliphatic rings. The van der Waals surface area contributed by atoms with Gasteiger partial charge in [-0.15, -0.1) is 0 Å². The highest BCUT2D eigenvalue weighted by atomic mass is 19.1. The molecular weight excluding hydrogens is 676 g/mol. The second kappa shape index (κ2) is 15.2. The van der Waals surface area contributed by atoms with E-state index in [0.717, 1.165) is 12.1 Å². The minimum atomic E-state index is -0.998. The van der Waals surface area contributed by atoms with Crippen molar-refractivity contribution in [1.29, 1.82) is 0 Å². The van der Waals surface area contributed by atoms with Crippen LogP contribution in [-0.4, -0.2) is 93.8 Å². The van der Waals surface area contributed by atoms with Gasteiger partial charge in [-0.1, -0.05) is 36.4 Å². The number of benzene rings is 2. The number of nitrogens with zero attached hydrogens (tertiary/aromatic N) is 7. The first kappa shape index (κ1) is 34.6. The highest BCUT2D eigenvalue weighted by molar-refractivity contribution is 5.91. The fourth-order valence-corrected chi connectivity index (χ4v) is 6.05. The summed E-state index contributed by atoms with van der Waals surface area (Å²) in [5, 5.41) is 12.2. The number of rotatable bonds is 11. The normalized spacial score (nSPS) is 17.5. The van der Waals surface area contributed by atoms with Crippen LogP contribution in [0.25, 0.3) is 16.9 Å². The van der Waals surface area contributed by atoms with Crippen molar-refractivity contribution >= 4 is 23.8 Å². The molecule has 0 unspecified atom stereocenters. The Kier molecular flexibility index (Phi) is 10.1. The monoisotopic (exact) mass is 711 g/mol. The lowest BCUT2D eigenvalue weighted by atomic mass is 10.0. The van der Waals surface area contributed by atoms with Crippen molar-refractivity contribution < 1.29 is 32.7 Å².